The van der Waals surface area contributed by atoms with Crippen molar-refractivity contribution in [1.82, 2.24) is 0 Å². The van der Waals surface area contributed by atoms with Gasteiger partial charge < -0.3 is 20.4 Å². The molecule has 0 atom stereocenters. The Balaban J connectivity index is 0. The van der Waals surface area contributed by atoms with E-state index in [-0.39, 0.29) is 13.2 Å². The number of rotatable bonds is 7. The second-order valence-electron chi connectivity index (χ2n) is 2.87. The molecule has 0 aromatic carbocycles. The van der Waals surface area contributed by atoms with Crippen LogP contribution in [0.3, 0.4) is 0 Å². The van der Waals surface area contributed by atoms with Crippen LogP contribution in [-0.2, 0) is 9.59 Å². The molecule has 0 saturated heterocycles. The number of carbonyl (C=O) groups is 2. The highest BCUT2D eigenvalue weighted by molar-refractivity contribution is 5.89. The van der Waals surface area contributed by atoms with Crippen molar-refractivity contribution in [3.8, 4) is 0 Å². The van der Waals surface area contributed by atoms with E-state index in [0.717, 1.165) is 25.7 Å². The van der Waals surface area contributed by atoms with E-state index in [1.165, 1.54) is 0 Å². The summed E-state index contributed by atoms with van der Waals surface area (Å²) >= 11 is 0. The smallest absolute Gasteiger partial charge is 0.328 e. The van der Waals surface area contributed by atoms with Gasteiger partial charge in [-0.15, -0.1) is 0 Å². The Hall–Kier alpha value is -1.40. The molecule has 0 unspecified atom stereocenters. The molecule has 0 aromatic rings. The van der Waals surface area contributed by atoms with Crippen LogP contribution in [0.15, 0.2) is 12.2 Å². The summed E-state index contributed by atoms with van der Waals surface area (Å²) in [6.07, 6.45) is 4.94. The van der Waals surface area contributed by atoms with Gasteiger partial charge in [0.05, 0.1) is 0 Å². The van der Waals surface area contributed by atoms with Gasteiger partial charge in [-0.1, -0.05) is 12.8 Å². The summed E-state index contributed by atoms with van der Waals surface area (Å²) in [4.78, 5) is 19.1. The van der Waals surface area contributed by atoms with E-state index in [1.807, 2.05) is 0 Å². The molecule has 0 aliphatic rings. The van der Waals surface area contributed by atoms with Gasteiger partial charge in [-0.25, -0.2) is 9.59 Å². The predicted molar refractivity (Wildman–Crippen MR) is 57.1 cm³/mol. The SMILES string of the molecule is O=C(O)/C=C/C(=O)O.OCCCCCCO. The summed E-state index contributed by atoms with van der Waals surface area (Å²) in [5.74, 6) is -2.51. The zero-order valence-electron chi connectivity index (χ0n) is 9.00. The normalized spacial score (nSPS) is 9.62. The molecule has 0 aliphatic heterocycles. The van der Waals surface area contributed by atoms with Gasteiger partial charge in [0, 0.05) is 25.4 Å². The summed E-state index contributed by atoms with van der Waals surface area (Å²) < 4.78 is 0. The lowest BCUT2D eigenvalue weighted by Gasteiger charge is -1.93. The Labute approximate surface area is 93.8 Å². The number of hydrogen-bond acceptors (Lipinski definition) is 4. The van der Waals surface area contributed by atoms with Crippen LogP contribution in [0, 0.1) is 0 Å². The summed E-state index contributed by atoms with van der Waals surface area (Å²) in [5.41, 5.74) is 0. The Bertz CT molecular complexity index is 189. The molecule has 0 aromatic heterocycles. The Kier molecular flexibility index (Phi) is 14.5. The highest BCUT2D eigenvalue weighted by Crippen LogP contribution is 1.96. The van der Waals surface area contributed by atoms with Crippen molar-refractivity contribution in [1.29, 1.82) is 0 Å². The van der Waals surface area contributed by atoms with Gasteiger partial charge in [-0.3, -0.25) is 0 Å². The third-order valence-electron chi connectivity index (χ3n) is 1.43. The molecule has 0 amide bonds. The first kappa shape index (κ1) is 17.0. The zero-order valence-corrected chi connectivity index (χ0v) is 9.00. The largest absolute Gasteiger partial charge is 0.478 e. The standard InChI is InChI=1S/C6H14O2.C4H4O4/c7-5-3-1-2-4-6-8;5-3(6)1-2-4(7)8/h7-8H,1-6H2;1-2H,(H,5,6)(H,7,8)/b;2-1+. The van der Waals surface area contributed by atoms with E-state index >= 15 is 0 Å². The summed E-state index contributed by atoms with van der Waals surface area (Å²) in [6.45, 7) is 0.566. The van der Waals surface area contributed by atoms with E-state index in [0.29, 0.717) is 12.2 Å². The van der Waals surface area contributed by atoms with Gasteiger partial charge >= 0.3 is 11.9 Å². The highest BCUT2D eigenvalue weighted by atomic mass is 16.4. The molecule has 0 saturated carbocycles. The van der Waals surface area contributed by atoms with E-state index in [4.69, 9.17) is 20.4 Å². The van der Waals surface area contributed by atoms with Crippen molar-refractivity contribution in [3.63, 3.8) is 0 Å². The minimum Gasteiger partial charge on any atom is -0.478 e. The molecular formula is C10H18O6. The van der Waals surface area contributed by atoms with Crippen LogP contribution in [0.1, 0.15) is 25.7 Å². The molecule has 0 heterocycles. The van der Waals surface area contributed by atoms with Crippen molar-refractivity contribution in [3.05, 3.63) is 12.2 Å². The molecule has 0 rings (SSSR count). The number of carboxylic acids is 2. The first-order valence-electron chi connectivity index (χ1n) is 4.90. The number of unbranched alkanes of at least 4 members (excludes halogenated alkanes) is 3. The van der Waals surface area contributed by atoms with Crippen molar-refractivity contribution in [2.24, 2.45) is 0 Å². The van der Waals surface area contributed by atoms with Crippen LogP contribution in [0.2, 0.25) is 0 Å². The second kappa shape index (κ2) is 13.6. The van der Waals surface area contributed by atoms with Crippen LogP contribution in [0.4, 0.5) is 0 Å². The van der Waals surface area contributed by atoms with Gasteiger partial charge in [0.25, 0.3) is 0 Å². The summed E-state index contributed by atoms with van der Waals surface area (Å²) in [6, 6.07) is 0. The maximum absolute atomic E-state index is 9.55. The molecule has 0 radical (unpaired) electrons. The fraction of sp³-hybridized carbons (Fsp3) is 0.600. The number of aliphatic hydroxyl groups is 2. The van der Waals surface area contributed by atoms with Crippen LogP contribution >= 0.6 is 0 Å². The van der Waals surface area contributed by atoms with E-state index in [9.17, 15) is 9.59 Å². The Morgan fingerprint density at radius 3 is 1.25 bits per heavy atom. The van der Waals surface area contributed by atoms with E-state index < -0.39 is 11.9 Å². The molecule has 6 nitrogen and oxygen atoms in total. The molecule has 4 N–H and O–H groups in total. The van der Waals surface area contributed by atoms with Crippen LogP contribution in [0.25, 0.3) is 0 Å². The van der Waals surface area contributed by atoms with Crippen LogP contribution in [-0.4, -0.2) is 45.6 Å². The quantitative estimate of drug-likeness (QED) is 0.370. The van der Waals surface area contributed by atoms with Gasteiger partial charge in [0.15, 0.2) is 0 Å². The third kappa shape index (κ3) is 22.9. The predicted octanol–water partition coefficient (Wildman–Crippen LogP) is 0.243. The lowest BCUT2D eigenvalue weighted by Crippen LogP contribution is -1.91. The van der Waals surface area contributed by atoms with Crippen molar-refractivity contribution in [2.75, 3.05) is 13.2 Å². The third-order valence-corrected chi connectivity index (χ3v) is 1.43. The van der Waals surface area contributed by atoms with Gasteiger partial charge in [0.1, 0.15) is 0 Å². The fourth-order valence-electron chi connectivity index (χ4n) is 0.720. The van der Waals surface area contributed by atoms with Crippen molar-refractivity contribution < 1.29 is 30.0 Å². The minimum absolute atomic E-state index is 0.283. The molecule has 0 fully saturated rings. The van der Waals surface area contributed by atoms with Crippen LogP contribution < -0.4 is 0 Å². The van der Waals surface area contributed by atoms with Gasteiger partial charge in [-0.2, -0.15) is 0 Å². The Morgan fingerprint density at radius 1 is 0.750 bits per heavy atom. The average molecular weight is 234 g/mol. The molecular weight excluding hydrogens is 216 g/mol. The topological polar surface area (TPSA) is 115 Å². The number of carboxylic acid groups (broad SMARTS) is 2. The zero-order chi connectivity index (χ0) is 12.8. The molecule has 6 heteroatoms. The lowest BCUT2D eigenvalue weighted by molar-refractivity contribution is -0.134. The molecule has 0 aliphatic carbocycles. The molecule has 16 heavy (non-hydrogen) atoms. The average Bonchev–Trinajstić information content (AvgIpc) is 2.23. The number of aliphatic hydroxyl groups excluding tert-OH is 2. The maximum Gasteiger partial charge on any atom is 0.328 e. The number of hydrogen-bond donors (Lipinski definition) is 4. The van der Waals surface area contributed by atoms with Gasteiger partial charge in [0.2, 0.25) is 0 Å². The van der Waals surface area contributed by atoms with Gasteiger partial charge in [-0.05, 0) is 12.8 Å². The first-order chi connectivity index (χ1) is 7.54. The minimum atomic E-state index is -1.26. The highest BCUT2D eigenvalue weighted by Gasteiger charge is 1.88. The van der Waals surface area contributed by atoms with Crippen molar-refractivity contribution in [2.45, 2.75) is 25.7 Å². The lowest BCUT2D eigenvalue weighted by atomic mass is 10.2. The second-order valence-corrected chi connectivity index (χ2v) is 2.87. The van der Waals surface area contributed by atoms with Crippen LogP contribution in [0.5, 0.6) is 0 Å². The number of aliphatic carboxylic acids is 2. The molecule has 0 spiro atoms. The first-order valence-corrected chi connectivity index (χ1v) is 4.90. The molecule has 94 valence electrons. The fourth-order valence-corrected chi connectivity index (χ4v) is 0.720. The molecule has 0 bridgehead atoms. The van der Waals surface area contributed by atoms with Crippen molar-refractivity contribution >= 4 is 11.9 Å². The maximum atomic E-state index is 9.55. The summed E-state index contributed by atoms with van der Waals surface area (Å²) in [5, 5.41) is 32.2. The Morgan fingerprint density at radius 2 is 1.06 bits per heavy atom. The summed E-state index contributed by atoms with van der Waals surface area (Å²) in [7, 11) is 0. The monoisotopic (exact) mass is 234 g/mol. The van der Waals surface area contributed by atoms with E-state index in [1.54, 1.807) is 0 Å². The van der Waals surface area contributed by atoms with E-state index in [2.05, 4.69) is 0 Å².